The van der Waals surface area contributed by atoms with E-state index in [1.807, 2.05) is 12.1 Å². The Bertz CT molecular complexity index is 850. The molecule has 3 aromatic rings. The highest BCUT2D eigenvalue weighted by Gasteiger charge is 2.20. The predicted octanol–water partition coefficient (Wildman–Crippen LogP) is 4.62. The molecule has 1 aromatic heterocycles. The maximum atomic E-state index is 9.17. The summed E-state index contributed by atoms with van der Waals surface area (Å²) in [5.41, 5.74) is 4.23. The predicted molar refractivity (Wildman–Crippen MR) is 102 cm³/mol. The van der Waals surface area contributed by atoms with Gasteiger partial charge in [-0.05, 0) is 61.2 Å². The Morgan fingerprint density at radius 2 is 1.88 bits per heavy atom. The van der Waals surface area contributed by atoms with E-state index in [1.54, 1.807) is 0 Å². The van der Waals surface area contributed by atoms with Crippen LogP contribution in [0.3, 0.4) is 0 Å². The summed E-state index contributed by atoms with van der Waals surface area (Å²) in [6.45, 7) is 4.70. The number of hydrogen-bond acceptors (Lipinski definition) is 3. The monoisotopic (exact) mass is 335 g/mol. The van der Waals surface area contributed by atoms with Crippen LogP contribution in [-0.4, -0.2) is 29.1 Å². The Balaban J connectivity index is 1.52. The molecule has 0 bridgehead atoms. The van der Waals surface area contributed by atoms with Crippen molar-refractivity contribution in [3.63, 3.8) is 0 Å². The minimum Gasteiger partial charge on any atom is -0.461 e. The van der Waals surface area contributed by atoms with E-state index >= 15 is 0 Å². The second kappa shape index (κ2) is 7.03. The number of aliphatic hydroxyl groups excluding tert-OH is 1. The second-order valence-electron chi connectivity index (χ2n) is 7.10. The minimum atomic E-state index is 0.0834. The van der Waals surface area contributed by atoms with Gasteiger partial charge in [0.2, 0.25) is 0 Å². The molecule has 0 saturated carbocycles. The Hall–Kier alpha value is -2.10. The van der Waals surface area contributed by atoms with Crippen molar-refractivity contribution in [2.45, 2.75) is 38.8 Å². The van der Waals surface area contributed by atoms with Crippen LogP contribution in [0, 0.1) is 0 Å². The molecule has 0 aliphatic carbocycles. The molecule has 1 atom stereocenters. The number of fused-ring (bicyclic) bond motifs is 1. The van der Waals surface area contributed by atoms with Crippen molar-refractivity contribution in [3.8, 4) is 11.1 Å². The van der Waals surface area contributed by atoms with Gasteiger partial charge in [-0.3, -0.25) is 0 Å². The first-order chi connectivity index (χ1) is 12.2. The summed E-state index contributed by atoms with van der Waals surface area (Å²) in [5, 5.41) is 10.3. The number of rotatable bonds is 5. The third-order valence-corrected chi connectivity index (χ3v) is 5.37. The Labute approximate surface area is 148 Å². The minimum absolute atomic E-state index is 0.0834. The van der Waals surface area contributed by atoms with Crippen LogP contribution < -0.4 is 0 Å². The largest absolute Gasteiger partial charge is 0.461 e. The standard InChI is InChI=1S/C22H25NO2/c1-16-3-2-11-23(16)12-10-21-14-20-13-19(8-9-22(20)25-21)18-6-4-17(15-24)5-7-18/h4-9,13-14,16,24H,2-3,10-12,15H2,1H3. The summed E-state index contributed by atoms with van der Waals surface area (Å²) >= 11 is 0. The third-order valence-electron chi connectivity index (χ3n) is 5.37. The molecule has 1 N–H and O–H groups in total. The zero-order chi connectivity index (χ0) is 17.2. The highest BCUT2D eigenvalue weighted by Crippen LogP contribution is 2.27. The number of benzene rings is 2. The van der Waals surface area contributed by atoms with E-state index in [0.29, 0.717) is 6.04 Å². The quantitative estimate of drug-likeness (QED) is 0.739. The van der Waals surface area contributed by atoms with E-state index in [-0.39, 0.29) is 6.61 Å². The van der Waals surface area contributed by atoms with Crippen molar-refractivity contribution in [1.29, 1.82) is 0 Å². The molecule has 0 radical (unpaired) electrons. The maximum Gasteiger partial charge on any atom is 0.134 e. The average molecular weight is 335 g/mol. The molecule has 0 spiro atoms. The van der Waals surface area contributed by atoms with Crippen molar-refractivity contribution in [2.75, 3.05) is 13.1 Å². The second-order valence-corrected chi connectivity index (χ2v) is 7.10. The van der Waals surface area contributed by atoms with Gasteiger partial charge in [0.25, 0.3) is 0 Å². The summed E-state index contributed by atoms with van der Waals surface area (Å²) in [4.78, 5) is 2.56. The van der Waals surface area contributed by atoms with Gasteiger partial charge in [-0.15, -0.1) is 0 Å². The third kappa shape index (κ3) is 3.48. The smallest absolute Gasteiger partial charge is 0.134 e. The van der Waals surface area contributed by atoms with Crippen LogP contribution in [0.25, 0.3) is 22.1 Å². The van der Waals surface area contributed by atoms with Crippen LogP contribution in [0.5, 0.6) is 0 Å². The molecule has 0 amide bonds. The number of nitrogens with zero attached hydrogens (tertiary/aromatic N) is 1. The molecule has 1 aliphatic rings. The zero-order valence-corrected chi connectivity index (χ0v) is 14.7. The van der Waals surface area contributed by atoms with Gasteiger partial charge in [0, 0.05) is 24.4 Å². The van der Waals surface area contributed by atoms with Crippen LogP contribution in [-0.2, 0) is 13.0 Å². The van der Waals surface area contributed by atoms with Gasteiger partial charge in [-0.1, -0.05) is 30.3 Å². The molecular weight excluding hydrogens is 310 g/mol. The first-order valence-corrected chi connectivity index (χ1v) is 9.19. The summed E-state index contributed by atoms with van der Waals surface area (Å²) < 4.78 is 6.03. The maximum absolute atomic E-state index is 9.17. The molecule has 4 rings (SSSR count). The fourth-order valence-electron chi connectivity index (χ4n) is 3.78. The topological polar surface area (TPSA) is 36.6 Å². The van der Waals surface area contributed by atoms with Gasteiger partial charge < -0.3 is 14.4 Å². The van der Waals surface area contributed by atoms with Crippen LogP contribution in [0.2, 0.25) is 0 Å². The first-order valence-electron chi connectivity index (χ1n) is 9.19. The molecule has 1 fully saturated rings. The van der Waals surface area contributed by atoms with Crippen LogP contribution in [0.15, 0.2) is 52.9 Å². The zero-order valence-electron chi connectivity index (χ0n) is 14.7. The molecule has 2 heterocycles. The van der Waals surface area contributed by atoms with Crippen LogP contribution in [0.1, 0.15) is 31.1 Å². The molecule has 130 valence electrons. The van der Waals surface area contributed by atoms with Gasteiger partial charge in [0.05, 0.1) is 6.61 Å². The molecule has 1 saturated heterocycles. The molecule has 25 heavy (non-hydrogen) atoms. The van der Waals surface area contributed by atoms with Gasteiger partial charge in [-0.25, -0.2) is 0 Å². The average Bonchev–Trinajstić information content (AvgIpc) is 3.24. The van der Waals surface area contributed by atoms with Gasteiger partial charge >= 0.3 is 0 Å². The van der Waals surface area contributed by atoms with Crippen molar-refractivity contribution in [1.82, 2.24) is 4.90 Å². The number of aliphatic hydroxyl groups is 1. The lowest BCUT2D eigenvalue weighted by atomic mass is 10.0. The fraction of sp³-hybridized carbons (Fsp3) is 0.364. The lowest BCUT2D eigenvalue weighted by molar-refractivity contribution is 0.266. The molecule has 3 nitrogen and oxygen atoms in total. The summed E-state index contributed by atoms with van der Waals surface area (Å²) in [7, 11) is 0. The Morgan fingerprint density at radius 1 is 1.08 bits per heavy atom. The van der Waals surface area contributed by atoms with E-state index in [9.17, 15) is 5.11 Å². The number of likely N-dealkylation sites (tertiary alicyclic amines) is 1. The normalized spacial score (nSPS) is 18.2. The number of furan rings is 1. The number of hydrogen-bond donors (Lipinski definition) is 1. The van der Waals surface area contributed by atoms with Crippen molar-refractivity contribution >= 4 is 11.0 Å². The van der Waals surface area contributed by atoms with E-state index in [2.05, 4.69) is 48.2 Å². The summed E-state index contributed by atoms with van der Waals surface area (Å²) in [5.74, 6) is 1.07. The molecule has 1 unspecified atom stereocenters. The van der Waals surface area contributed by atoms with E-state index in [1.165, 1.54) is 24.9 Å². The molecular formula is C22H25NO2. The summed E-state index contributed by atoms with van der Waals surface area (Å²) in [6.07, 6.45) is 3.61. The van der Waals surface area contributed by atoms with Crippen molar-refractivity contribution in [2.24, 2.45) is 0 Å². The SMILES string of the molecule is CC1CCCN1CCc1cc2cc(-c3ccc(CO)cc3)ccc2o1. The Kier molecular flexibility index (Phi) is 4.60. The van der Waals surface area contributed by atoms with Gasteiger partial charge in [0.15, 0.2) is 0 Å². The lowest BCUT2D eigenvalue weighted by Gasteiger charge is -2.19. The highest BCUT2D eigenvalue weighted by atomic mass is 16.3. The van der Waals surface area contributed by atoms with E-state index in [0.717, 1.165) is 40.8 Å². The first kappa shape index (κ1) is 16.4. The van der Waals surface area contributed by atoms with Gasteiger partial charge in [-0.2, -0.15) is 0 Å². The van der Waals surface area contributed by atoms with Crippen molar-refractivity contribution in [3.05, 3.63) is 59.9 Å². The van der Waals surface area contributed by atoms with Gasteiger partial charge in [0.1, 0.15) is 11.3 Å². The Morgan fingerprint density at radius 3 is 2.60 bits per heavy atom. The van der Waals surface area contributed by atoms with Crippen molar-refractivity contribution < 1.29 is 9.52 Å². The van der Waals surface area contributed by atoms with E-state index in [4.69, 9.17) is 4.42 Å². The summed E-state index contributed by atoms with van der Waals surface area (Å²) in [6, 6.07) is 17.3. The lowest BCUT2D eigenvalue weighted by Crippen LogP contribution is -2.28. The highest BCUT2D eigenvalue weighted by molar-refractivity contribution is 5.84. The van der Waals surface area contributed by atoms with E-state index < -0.39 is 0 Å². The molecule has 3 heteroatoms. The molecule has 1 aliphatic heterocycles. The molecule has 2 aromatic carbocycles. The van der Waals surface area contributed by atoms with Crippen LogP contribution in [0.4, 0.5) is 0 Å². The van der Waals surface area contributed by atoms with Crippen LogP contribution >= 0.6 is 0 Å². The fourth-order valence-corrected chi connectivity index (χ4v) is 3.78.